The van der Waals surface area contributed by atoms with Crippen molar-refractivity contribution in [2.75, 3.05) is 6.54 Å². The molecular formula is C10H22FNO2S. The van der Waals surface area contributed by atoms with Crippen LogP contribution in [0.3, 0.4) is 0 Å². The van der Waals surface area contributed by atoms with Gasteiger partial charge in [-0.1, -0.05) is 55.8 Å². The van der Waals surface area contributed by atoms with E-state index >= 15 is 0 Å². The number of nitrogens with one attached hydrogen (secondary N) is 1. The van der Waals surface area contributed by atoms with Gasteiger partial charge in [-0.25, -0.2) is 0 Å². The number of halogens is 1. The second kappa shape index (κ2) is 9.09. The van der Waals surface area contributed by atoms with Crippen molar-refractivity contribution in [2.45, 2.75) is 58.3 Å². The zero-order chi connectivity index (χ0) is 11.6. The summed E-state index contributed by atoms with van der Waals surface area (Å²) in [5, 5.41) is 0. The summed E-state index contributed by atoms with van der Waals surface area (Å²) in [6.07, 6.45) is 9.07. The van der Waals surface area contributed by atoms with Crippen molar-refractivity contribution in [3.8, 4) is 0 Å². The van der Waals surface area contributed by atoms with Gasteiger partial charge in [-0.2, -0.15) is 13.1 Å². The summed E-state index contributed by atoms with van der Waals surface area (Å²) in [6, 6.07) is 0. The van der Waals surface area contributed by atoms with E-state index in [2.05, 4.69) is 6.92 Å². The van der Waals surface area contributed by atoms with Crippen LogP contribution in [-0.2, 0) is 10.4 Å². The Balaban J connectivity index is 3.06. The molecule has 1 N–H and O–H groups in total. The van der Waals surface area contributed by atoms with E-state index in [1.54, 1.807) is 0 Å². The lowest BCUT2D eigenvalue weighted by atomic mass is 10.1. The third-order valence-electron chi connectivity index (χ3n) is 2.30. The maximum absolute atomic E-state index is 12.0. The molecule has 92 valence electrons. The third-order valence-corrected chi connectivity index (χ3v) is 2.85. The smallest absolute Gasteiger partial charge is 0.188 e. The van der Waals surface area contributed by atoms with E-state index in [0.717, 1.165) is 19.3 Å². The van der Waals surface area contributed by atoms with Gasteiger partial charge in [0, 0.05) is 6.54 Å². The summed E-state index contributed by atoms with van der Waals surface area (Å²) >= 11 is 0. The zero-order valence-corrected chi connectivity index (χ0v) is 10.3. The molecule has 0 rings (SSSR count). The van der Waals surface area contributed by atoms with Gasteiger partial charge in [-0.05, 0) is 6.42 Å². The molecule has 0 spiro atoms. The van der Waals surface area contributed by atoms with Crippen LogP contribution in [0.2, 0.25) is 0 Å². The van der Waals surface area contributed by atoms with Gasteiger partial charge in [0.2, 0.25) is 0 Å². The van der Waals surface area contributed by atoms with Crippen LogP contribution < -0.4 is 4.72 Å². The molecule has 0 saturated carbocycles. The fourth-order valence-electron chi connectivity index (χ4n) is 1.45. The van der Waals surface area contributed by atoms with Crippen molar-refractivity contribution in [1.82, 2.24) is 4.72 Å². The van der Waals surface area contributed by atoms with E-state index in [4.69, 9.17) is 0 Å². The molecule has 0 saturated heterocycles. The Labute approximate surface area is 92.8 Å². The Morgan fingerprint density at radius 3 is 1.87 bits per heavy atom. The maximum Gasteiger partial charge on any atom is 0.372 e. The highest BCUT2D eigenvalue weighted by molar-refractivity contribution is 7.84. The molecule has 0 heterocycles. The Morgan fingerprint density at radius 2 is 1.40 bits per heavy atom. The lowest BCUT2D eigenvalue weighted by molar-refractivity contribution is 0.526. The Bertz CT molecular complexity index is 230. The van der Waals surface area contributed by atoms with Crippen LogP contribution in [0.4, 0.5) is 3.89 Å². The molecule has 0 radical (unpaired) electrons. The normalized spacial score (nSPS) is 11.9. The lowest BCUT2D eigenvalue weighted by Gasteiger charge is -2.01. The third kappa shape index (κ3) is 13.8. The zero-order valence-electron chi connectivity index (χ0n) is 9.47. The van der Waals surface area contributed by atoms with E-state index in [-0.39, 0.29) is 6.54 Å². The van der Waals surface area contributed by atoms with Crippen LogP contribution in [0.1, 0.15) is 58.3 Å². The molecule has 0 unspecified atom stereocenters. The minimum atomic E-state index is -4.48. The number of rotatable bonds is 10. The highest BCUT2D eigenvalue weighted by atomic mass is 32.3. The van der Waals surface area contributed by atoms with E-state index in [9.17, 15) is 12.3 Å². The van der Waals surface area contributed by atoms with Gasteiger partial charge in [0.05, 0.1) is 0 Å². The Kier molecular flexibility index (Phi) is 9.00. The first kappa shape index (κ1) is 14.8. The van der Waals surface area contributed by atoms with Crippen LogP contribution in [0, 0.1) is 0 Å². The first-order valence-corrected chi connectivity index (χ1v) is 7.14. The van der Waals surface area contributed by atoms with Gasteiger partial charge in [0.1, 0.15) is 0 Å². The summed E-state index contributed by atoms with van der Waals surface area (Å²) in [4.78, 5) is 0. The number of unbranched alkanes of at least 4 members (excludes halogenated alkanes) is 7. The largest absolute Gasteiger partial charge is 0.372 e. The standard InChI is InChI=1S/C10H22FNO2S/c1-2-3-4-5-6-7-8-9-10-12-15(11,13)14/h12H,2-10H2,1H3. The average Bonchev–Trinajstić information content (AvgIpc) is 2.14. The maximum atomic E-state index is 12.0. The molecule has 15 heavy (non-hydrogen) atoms. The molecule has 0 aromatic carbocycles. The summed E-state index contributed by atoms with van der Waals surface area (Å²) in [5.41, 5.74) is 0. The first-order chi connectivity index (χ1) is 7.06. The highest BCUT2D eigenvalue weighted by Crippen LogP contribution is 2.07. The van der Waals surface area contributed by atoms with E-state index in [1.165, 1.54) is 32.1 Å². The SMILES string of the molecule is CCCCCCCCCCNS(=O)(=O)F. The first-order valence-electron chi connectivity index (χ1n) is 5.75. The second-order valence-electron chi connectivity index (χ2n) is 3.81. The fourth-order valence-corrected chi connectivity index (χ4v) is 1.84. The van der Waals surface area contributed by atoms with Crippen LogP contribution in [0.25, 0.3) is 0 Å². The summed E-state index contributed by atoms with van der Waals surface area (Å²) in [6.45, 7) is 2.40. The van der Waals surface area contributed by atoms with Crippen molar-refractivity contribution in [2.24, 2.45) is 0 Å². The monoisotopic (exact) mass is 239 g/mol. The van der Waals surface area contributed by atoms with Gasteiger partial charge >= 0.3 is 10.4 Å². The van der Waals surface area contributed by atoms with Crippen molar-refractivity contribution >= 4 is 10.4 Å². The van der Waals surface area contributed by atoms with Crippen molar-refractivity contribution < 1.29 is 12.3 Å². The van der Waals surface area contributed by atoms with Gasteiger partial charge in [-0.15, -0.1) is 0 Å². The molecule has 0 atom stereocenters. The number of hydrogen-bond acceptors (Lipinski definition) is 2. The molecule has 3 nitrogen and oxygen atoms in total. The van der Waals surface area contributed by atoms with Gasteiger partial charge in [0.25, 0.3) is 0 Å². The molecule has 5 heteroatoms. The molecule has 0 aromatic rings. The molecule has 0 fully saturated rings. The van der Waals surface area contributed by atoms with E-state index in [1.807, 2.05) is 4.72 Å². The minimum Gasteiger partial charge on any atom is -0.188 e. The Hall–Kier alpha value is -0.160. The Morgan fingerprint density at radius 1 is 0.933 bits per heavy atom. The average molecular weight is 239 g/mol. The predicted octanol–water partition coefficient (Wildman–Crippen LogP) is 2.93. The molecule has 0 aliphatic carbocycles. The van der Waals surface area contributed by atoms with Crippen LogP contribution in [0.5, 0.6) is 0 Å². The van der Waals surface area contributed by atoms with Crippen LogP contribution in [0.15, 0.2) is 0 Å². The van der Waals surface area contributed by atoms with Crippen molar-refractivity contribution in [3.63, 3.8) is 0 Å². The van der Waals surface area contributed by atoms with Gasteiger partial charge < -0.3 is 0 Å². The molecule has 0 aromatic heterocycles. The van der Waals surface area contributed by atoms with Crippen molar-refractivity contribution in [3.05, 3.63) is 0 Å². The molecule has 0 aliphatic rings. The highest BCUT2D eigenvalue weighted by Gasteiger charge is 2.02. The van der Waals surface area contributed by atoms with E-state index < -0.39 is 10.4 Å². The van der Waals surface area contributed by atoms with Gasteiger partial charge in [0.15, 0.2) is 0 Å². The lowest BCUT2D eigenvalue weighted by Crippen LogP contribution is -2.19. The number of hydrogen-bond donors (Lipinski definition) is 1. The summed E-state index contributed by atoms with van der Waals surface area (Å²) < 4.78 is 33.9. The van der Waals surface area contributed by atoms with Crippen LogP contribution in [-0.4, -0.2) is 15.0 Å². The summed E-state index contributed by atoms with van der Waals surface area (Å²) in [7, 11) is -4.48. The predicted molar refractivity (Wildman–Crippen MR) is 60.6 cm³/mol. The molecule has 0 amide bonds. The topological polar surface area (TPSA) is 46.2 Å². The molecular weight excluding hydrogens is 217 g/mol. The summed E-state index contributed by atoms with van der Waals surface area (Å²) in [5.74, 6) is 0. The van der Waals surface area contributed by atoms with Crippen LogP contribution >= 0.6 is 0 Å². The van der Waals surface area contributed by atoms with Gasteiger partial charge in [-0.3, -0.25) is 0 Å². The quantitative estimate of drug-likeness (QED) is 0.470. The minimum absolute atomic E-state index is 0.216. The van der Waals surface area contributed by atoms with Crippen molar-refractivity contribution in [1.29, 1.82) is 0 Å². The molecule has 0 bridgehead atoms. The van der Waals surface area contributed by atoms with E-state index in [0.29, 0.717) is 0 Å². The molecule has 0 aliphatic heterocycles. The second-order valence-corrected chi connectivity index (χ2v) is 4.97. The fraction of sp³-hybridized carbons (Fsp3) is 1.00.